The topological polar surface area (TPSA) is 54.0 Å². The van der Waals surface area contributed by atoms with Crippen LogP contribution in [-0.2, 0) is 11.3 Å². The van der Waals surface area contributed by atoms with Gasteiger partial charge in [-0.15, -0.1) is 0 Å². The summed E-state index contributed by atoms with van der Waals surface area (Å²) in [5.41, 5.74) is 4.58. The summed E-state index contributed by atoms with van der Waals surface area (Å²) in [5, 5.41) is 0. The quantitative estimate of drug-likeness (QED) is 0.943. The van der Waals surface area contributed by atoms with E-state index >= 15 is 0 Å². The molecule has 2 atom stereocenters. The summed E-state index contributed by atoms with van der Waals surface area (Å²) < 4.78 is 5.60. The Labute approximate surface area is 131 Å². The predicted octanol–water partition coefficient (Wildman–Crippen LogP) is 2.69. The van der Waals surface area contributed by atoms with Crippen molar-refractivity contribution in [2.24, 2.45) is 0 Å². The number of hydrogen-bond donors (Lipinski definition) is 1. The Bertz CT molecular complexity index is 632. The van der Waals surface area contributed by atoms with Gasteiger partial charge in [0.25, 0.3) is 0 Å². The van der Waals surface area contributed by atoms with E-state index in [1.165, 1.54) is 5.56 Å². The first-order valence-electron chi connectivity index (χ1n) is 7.79. The van der Waals surface area contributed by atoms with Crippen LogP contribution in [0.4, 0.5) is 0 Å². The van der Waals surface area contributed by atoms with Crippen molar-refractivity contribution in [2.45, 2.75) is 45.9 Å². The fourth-order valence-corrected chi connectivity index (χ4v) is 3.13. The largest absolute Gasteiger partial charge is 0.380 e. The maximum Gasteiger partial charge on any atom is 0.124 e. The summed E-state index contributed by atoms with van der Waals surface area (Å²) in [5.74, 6) is 1.05. The number of H-pyrrole nitrogens is 1. The molecule has 5 heteroatoms. The molecule has 1 aliphatic rings. The van der Waals surface area contributed by atoms with Crippen LogP contribution in [0.2, 0.25) is 0 Å². The van der Waals surface area contributed by atoms with Gasteiger partial charge in [-0.2, -0.15) is 0 Å². The molecule has 0 unspecified atom stereocenters. The first-order valence-corrected chi connectivity index (χ1v) is 7.79. The SMILES string of the molecule is CO[C@@H]1C[C@@H](c2nc(C)c(C)[nH]2)N(Cc2cccnc2C)C1. The zero-order chi connectivity index (χ0) is 15.7. The minimum absolute atomic E-state index is 0.257. The summed E-state index contributed by atoms with van der Waals surface area (Å²) in [7, 11) is 1.79. The standard InChI is InChI=1S/C17H24N4O/c1-11-12(2)20-17(19-11)16-8-15(22-4)10-21(16)9-14-6-5-7-18-13(14)3/h5-7,15-16H,8-10H2,1-4H3,(H,19,20)/t15-,16+/m1/s1. The summed E-state index contributed by atoms with van der Waals surface area (Å²) in [4.78, 5) is 15.0. The van der Waals surface area contributed by atoms with Crippen molar-refractivity contribution >= 4 is 0 Å². The third kappa shape index (κ3) is 2.91. The van der Waals surface area contributed by atoms with Crippen LogP contribution in [0, 0.1) is 20.8 Å². The molecule has 1 saturated heterocycles. The molecule has 118 valence electrons. The van der Waals surface area contributed by atoms with Crippen LogP contribution in [0.25, 0.3) is 0 Å². The van der Waals surface area contributed by atoms with Crippen LogP contribution in [0.3, 0.4) is 0 Å². The number of rotatable bonds is 4. The molecule has 3 heterocycles. The lowest BCUT2D eigenvalue weighted by Crippen LogP contribution is -2.25. The van der Waals surface area contributed by atoms with Gasteiger partial charge in [-0.3, -0.25) is 9.88 Å². The number of imidazole rings is 1. The van der Waals surface area contributed by atoms with Crippen molar-refractivity contribution in [1.29, 1.82) is 0 Å². The highest BCUT2D eigenvalue weighted by Gasteiger charge is 2.35. The van der Waals surface area contributed by atoms with Crippen molar-refractivity contribution in [3.8, 4) is 0 Å². The molecule has 2 aromatic heterocycles. The van der Waals surface area contributed by atoms with E-state index in [-0.39, 0.29) is 12.1 Å². The summed E-state index contributed by atoms with van der Waals surface area (Å²) in [6.45, 7) is 7.99. The normalized spacial score (nSPS) is 22.4. The van der Waals surface area contributed by atoms with E-state index < -0.39 is 0 Å². The average Bonchev–Trinajstić information content (AvgIpc) is 3.05. The van der Waals surface area contributed by atoms with Crippen LogP contribution in [-0.4, -0.2) is 39.6 Å². The fourth-order valence-electron chi connectivity index (χ4n) is 3.13. The highest BCUT2D eigenvalue weighted by Crippen LogP contribution is 2.33. The van der Waals surface area contributed by atoms with Crippen LogP contribution >= 0.6 is 0 Å². The van der Waals surface area contributed by atoms with Crippen LogP contribution in [0.15, 0.2) is 18.3 Å². The molecule has 22 heavy (non-hydrogen) atoms. The van der Waals surface area contributed by atoms with Crippen LogP contribution < -0.4 is 0 Å². The van der Waals surface area contributed by atoms with Gasteiger partial charge < -0.3 is 9.72 Å². The Morgan fingerprint density at radius 1 is 1.32 bits per heavy atom. The van der Waals surface area contributed by atoms with Crippen molar-refractivity contribution in [3.63, 3.8) is 0 Å². The third-order valence-electron chi connectivity index (χ3n) is 4.65. The van der Waals surface area contributed by atoms with Gasteiger partial charge in [0.05, 0.1) is 17.8 Å². The molecule has 0 aromatic carbocycles. The zero-order valence-corrected chi connectivity index (χ0v) is 13.8. The van der Waals surface area contributed by atoms with E-state index in [1.807, 2.05) is 19.2 Å². The first-order chi connectivity index (χ1) is 10.6. The number of pyridine rings is 1. The lowest BCUT2D eigenvalue weighted by atomic mass is 10.1. The molecular formula is C17H24N4O. The summed E-state index contributed by atoms with van der Waals surface area (Å²) >= 11 is 0. The first kappa shape index (κ1) is 15.2. The fraction of sp³-hybridized carbons (Fsp3) is 0.529. The molecule has 0 saturated carbocycles. The van der Waals surface area contributed by atoms with Crippen LogP contribution in [0.1, 0.15) is 40.9 Å². The van der Waals surface area contributed by atoms with E-state index in [0.717, 1.165) is 42.4 Å². The molecule has 1 aliphatic heterocycles. The highest BCUT2D eigenvalue weighted by atomic mass is 16.5. The molecule has 1 N–H and O–H groups in total. The number of ether oxygens (including phenoxy) is 1. The molecule has 3 rings (SSSR count). The van der Waals surface area contributed by atoms with E-state index in [4.69, 9.17) is 9.72 Å². The molecular weight excluding hydrogens is 276 g/mol. The molecule has 0 radical (unpaired) electrons. The van der Waals surface area contributed by atoms with Gasteiger partial charge >= 0.3 is 0 Å². The van der Waals surface area contributed by atoms with Crippen molar-refractivity contribution in [1.82, 2.24) is 19.9 Å². The Hall–Kier alpha value is -1.72. The van der Waals surface area contributed by atoms with Gasteiger partial charge in [-0.05, 0) is 38.8 Å². The molecule has 0 aliphatic carbocycles. The Morgan fingerprint density at radius 2 is 2.14 bits per heavy atom. The van der Waals surface area contributed by atoms with Gasteiger partial charge in [0.15, 0.2) is 0 Å². The number of methoxy groups -OCH3 is 1. The van der Waals surface area contributed by atoms with Crippen molar-refractivity contribution in [3.05, 3.63) is 46.8 Å². The lowest BCUT2D eigenvalue weighted by molar-refractivity contribution is 0.107. The monoisotopic (exact) mass is 300 g/mol. The molecule has 0 bridgehead atoms. The second kappa shape index (κ2) is 6.18. The number of likely N-dealkylation sites (tertiary alicyclic amines) is 1. The smallest absolute Gasteiger partial charge is 0.124 e. The van der Waals surface area contributed by atoms with E-state index in [0.29, 0.717) is 0 Å². The maximum absolute atomic E-state index is 5.60. The number of nitrogens with one attached hydrogen (secondary N) is 1. The number of hydrogen-bond acceptors (Lipinski definition) is 4. The number of aryl methyl sites for hydroxylation is 3. The minimum Gasteiger partial charge on any atom is -0.380 e. The second-order valence-electron chi connectivity index (χ2n) is 6.12. The number of aromatic nitrogens is 3. The lowest BCUT2D eigenvalue weighted by Gasteiger charge is -2.23. The molecule has 0 spiro atoms. The Kier molecular flexibility index (Phi) is 4.27. The Balaban J connectivity index is 1.85. The zero-order valence-electron chi connectivity index (χ0n) is 13.8. The number of nitrogens with zero attached hydrogens (tertiary/aromatic N) is 3. The van der Waals surface area contributed by atoms with Crippen LogP contribution in [0.5, 0.6) is 0 Å². The minimum atomic E-state index is 0.257. The van der Waals surface area contributed by atoms with Crippen molar-refractivity contribution in [2.75, 3.05) is 13.7 Å². The predicted molar refractivity (Wildman–Crippen MR) is 85.6 cm³/mol. The summed E-state index contributed by atoms with van der Waals surface area (Å²) in [6, 6.07) is 4.43. The van der Waals surface area contributed by atoms with Gasteiger partial charge in [0.1, 0.15) is 5.82 Å². The molecule has 0 amide bonds. The Morgan fingerprint density at radius 3 is 2.77 bits per heavy atom. The average molecular weight is 300 g/mol. The molecule has 5 nitrogen and oxygen atoms in total. The van der Waals surface area contributed by atoms with E-state index in [1.54, 1.807) is 7.11 Å². The van der Waals surface area contributed by atoms with Gasteiger partial charge in [0.2, 0.25) is 0 Å². The third-order valence-corrected chi connectivity index (χ3v) is 4.65. The number of aromatic amines is 1. The maximum atomic E-state index is 5.60. The van der Waals surface area contributed by atoms with Crippen molar-refractivity contribution < 1.29 is 4.74 Å². The van der Waals surface area contributed by atoms with E-state index in [2.05, 4.69) is 34.8 Å². The van der Waals surface area contributed by atoms with Gasteiger partial charge in [-0.1, -0.05) is 6.07 Å². The second-order valence-corrected chi connectivity index (χ2v) is 6.12. The van der Waals surface area contributed by atoms with E-state index in [9.17, 15) is 0 Å². The highest BCUT2D eigenvalue weighted by molar-refractivity contribution is 5.20. The summed E-state index contributed by atoms with van der Waals surface area (Å²) in [6.07, 6.45) is 3.08. The molecule has 2 aromatic rings. The van der Waals surface area contributed by atoms with Gasteiger partial charge in [-0.25, -0.2) is 4.98 Å². The molecule has 1 fully saturated rings. The van der Waals surface area contributed by atoms with Gasteiger partial charge in [0, 0.05) is 37.8 Å².